The molecule has 1 aromatic heterocycles. The molecule has 0 saturated carbocycles. The smallest absolute Gasteiger partial charge is 0.221 e. The van der Waals surface area contributed by atoms with E-state index in [9.17, 15) is 5.11 Å². The summed E-state index contributed by atoms with van der Waals surface area (Å²) in [7, 11) is 1.56. The van der Waals surface area contributed by atoms with Crippen molar-refractivity contribution in [3.63, 3.8) is 0 Å². The van der Waals surface area contributed by atoms with E-state index in [1.165, 1.54) is 0 Å². The summed E-state index contributed by atoms with van der Waals surface area (Å²) < 4.78 is 16.7. The molecule has 2 rings (SSSR count). The van der Waals surface area contributed by atoms with Crippen LogP contribution in [-0.2, 0) is 4.74 Å². The van der Waals surface area contributed by atoms with Crippen LogP contribution in [0, 0.1) is 20.8 Å². The van der Waals surface area contributed by atoms with Gasteiger partial charge >= 0.3 is 0 Å². The van der Waals surface area contributed by atoms with E-state index < -0.39 is 6.10 Å². The summed E-state index contributed by atoms with van der Waals surface area (Å²) in [6.45, 7) is 11.9. The predicted molar refractivity (Wildman–Crippen MR) is 117 cm³/mol. The van der Waals surface area contributed by atoms with Crippen LogP contribution in [0.4, 0.5) is 0 Å². The number of methoxy groups -OCH3 is 1. The number of benzene rings is 1. The largest absolute Gasteiger partial charge is 0.490 e. The Kier molecular flexibility index (Phi) is 8.38. The maximum absolute atomic E-state index is 9.52. The molecule has 1 heterocycles. The van der Waals surface area contributed by atoms with Crippen LogP contribution in [0.25, 0.3) is 5.70 Å². The van der Waals surface area contributed by atoms with Gasteiger partial charge in [0.15, 0.2) is 0 Å². The van der Waals surface area contributed by atoms with Gasteiger partial charge in [0.1, 0.15) is 18.5 Å². The molecule has 1 aromatic carbocycles. The van der Waals surface area contributed by atoms with Gasteiger partial charge in [-0.25, -0.2) is 9.98 Å². The van der Waals surface area contributed by atoms with E-state index >= 15 is 0 Å². The number of nitrogens with zero attached hydrogens (tertiary/aromatic N) is 2. The lowest BCUT2D eigenvalue weighted by Crippen LogP contribution is -2.21. The Hall–Kier alpha value is -2.90. The van der Waals surface area contributed by atoms with Gasteiger partial charge < -0.3 is 24.4 Å². The summed E-state index contributed by atoms with van der Waals surface area (Å²) in [5.74, 6) is 1.59. The van der Waals surface area contributed by atoms with Crippen molar-refractivity contribution in [1.82, 2.24) is 4.98 Å². The first kappa shape index (κ1) is 23.4. The normalized spacial score (nSPS) is 12.4. The third-order valence-electron chi connectivity index (χ3n) is 4.32. The highest BCUT2D eigenvalue weighted by atomic mass is 16.5. The molecule has 0 aliphatic heterocycles. The molecule has 0 aliphatic carbocycles. The van der Waals surface area contributed by atoms with Crippen LogP contribution in [0.15, 0.2) is 35.8 Å². The molecule has 1 atom stereocenters. The summed E-state index contributed by atoms with van der Waals surface area (Å²) in [6.07, 6.45) is -0.919. The Morgan fingerprint density at radius 3 is 2.33 bits per heavy atom. The standard InChI is InChI=1S/C23H30N2O5/c1-7-29-21-11-19(10-16(4)24-21)23(28-6)25-17(5)18-8-14(2)22(15(3)9-18)30-13-20(27)12-26/h8-11,20,26-27H,5,7,12-13H2,1-4,6H3. The predicted octanol–water partition coefficient (Wildman–Crippen LogP) is 3.20. The molecule has 1 unspecified atom stereocenters. The highest BCUT2D eigenvalue weighted by molar-refractivity contribution is 5.97. The zero-order chi connectivity index (χ0) is 22.3. The van der Waals surface area contributed by atoms with E-state index in [0.29, 0.717) is 29.8 Å². The van der Waals surface area contributed by atoms with Crippen molar-refractivity contribution in [3.8, 4) is 11.6 Å². The molecule has 7 heteroatoms. The molecule has 162 valence electrons. The van der Waals surface area contributed by atoms with Gasteiger partial charge in [-0.1, -0.05) is 6.58 Å². The molecule has 0 spiro atoms. The second kappa shape index (κ2) is 10.8. The van der Waals surface area contributed by atoms with Crippen LogP contribution in [0.5, 0.6) is 11.6 Å². The lowest BCUT2D eigenvalue weighted by Gasteiger charge is -2.16. The molecule has 0 saturated heterocycles. The number of aliphatic hydroxyl groups excluding tert-OH is 2. The average Bonchev–Trinajstić information content (AvgIpc) is 2.70. The monoisotopic (exact) mass is 414 g/mol. The topological polar surface area (TPSA) is 93.4 Å². The summed E-state index contributed by atoms with van der Waals surface area (Å²) >= 11 is 0. The van der Waals surface area contributed by atoms with Crippen LogP contribution < -0.4 is 9.47 Å². The zero-order valence-corrected chi connectivity index (χ0v) is 18.2. The number of aliphatic imine (C=N–C) groups is 1. The number of pyridine rings is 1. The summed E-state index contributed by atoms with van der Waals surface area (Å²) in [6, 6.07) is 7.48. The first-order valence-electron chi connectivity index (χ1n) is 9.75. The maximum atomic E-state index is 9.52. The van der Waals surface area contributed by atoms with Gasteiger partial charge in [-0.2, -0.15) is 0 Å². The quantitative estimate of drug-likeness (QED) is 0.483. The molecule has 2 aromatic rings. The number of rotatable bonds is 9. The maximum Gasteiger partial charge on any atom is 0.221 e. The minimum absolute atomic E-state index is 0.0218. The third-order valence-corrected chi connectivity index (χ3v) is 4.32. The van der Waals surface area contributed by atoms with Crippen molar-refractivity contribution in [2.75, 3.05) is 26.9 Å². The summed E-state index contributed by atoms with van der Waals surface area (Å²) in [5.41, 5.74) is 4.66. The van der Waals surface area contributed by atoms with E-state index in [-0.39, 0.29) is 13.2 Å². The van der Waals surface area contributed by atoms with Crippen LogP contribution in [-0.4, -0.2) is 54.1 Å². The zero-order valence-electron chi connectivity index (χ0n) is 18.2. The Morgan fingerprint density at radius 2 is 1.77 bits per heavy atom. The SMILES string of the molecule is C=C(N=C(OC)c1cc(C)nc(OCC)c1)c1cc(C)c(OCC(O)CO)c(C)c1. The van der Waals surface area contributed by atoms with E-state index in [0.717, 1.165) is 27.9 Å². The van der Waals surface area contributed by atoms with E-state index in [4.69, 9.17) is 19.3 Å². The highest BCUT2D eigenvalue weighted by Gasteiger charge is 2.13. The van der Waals surface area contributed by atoms with Crippen LogP contribution in [0.2, 0.25) is 0 Å². The minimum atomic E-state index is -0.919. The van der Waals surface area contributed by atoms with Crippen molar-refractivity contribution in [2.45, 2.75) is 33.8 Å². The first-order chi connectivity index (χ1) is 14.3. The average molecular weight is 415 g/mol. The Balaban J connectivity index is 2.31. The van der Waals surface area contributed by atoms with Gasteiger partial charge in [0.25, 0.3) is 0 Å². The minimum Gasteiger partial charge on any atom is -0.490 e. The lowest BCUT2D eigenvalue weighted by molar-refractivity contribution is 0.0532. The molecule has 0 amide bonds. The molecular formula is C23H30N2O5. The second-order valence-electron chi connectivity index (χ2n) is 6.92. The van der Waals surface area contributed by atoms with Gasteiger partial charge in [-0.3, -0.25) is 0 Å². The molecule has 0 aliphatic rings. The van der Waals surface area contributed by atoms with Gasteiger partial charge in [0.05, 0.1) is 26.0 Å². The number of aliphatic hydroxyl groups is 2. The molecule has 0 bridgehead atoms. The van der Waals surface area contributed by atoms with Gasteiger partial charge in [0, 0.05) is 22.9 Å². The lowest BCUT2D eigenvalue weighted by atomic mass is 10.0. The van der Waals surface area contributed by atoms with Crippen molar-refractivity contribution in [1.29, 1.82) is 0 Å². The fourth-order valence-electron chi connectivity index (χ4n) is 2.98. The summed E-state index contributed by atoms with van der Waals surface area (Å²) in [4.78, 5) is 8.92. The van der Waals surface area contributed by atoms with Gasteiger partial charge in [-0.15, -0.1) is 0 Å². The van der Waals surface area contributed by atoms with E-state index in [1.807, 2.05) is 45.9 Å². The van der Waals surface area contributed by atoms with Gasteiger partial charge in [0.2, 0.25) is 11.8 Å². The van der Waals surface area contributed by atoms with Crippen molar-refractivity contribution < 1.29 is 24.4 Å². The Morgan fingerprint density at radius 1 is 1.10 bits per heavy atom. The number of aromatic nitrogens is 1. The highest BCUT2D eigenvalue weighted by Crippen LogP contribution is 2.28. The molecule has 2 N–H and O–H groups in total. The van der Waals surface area contributed by atoms with E-state index in [2.05, 4.69) is 16.6 Å². The van der Waals surface area contributed by atoms with Crippen LogP contribution >= 0.6 is 0 Å². The first-order valence-corrected chi connectivity index (χ1v) is 9.75. The van der Waals surface area contributed by atoms with Gasteiger partial charge in [-0.05, 0) is 57.0 Å². The van der Waals surface area contributed by atoms with E-state index in [1.54, 1.807) is 13.2 Å². The van der Waals surface area contributed by atoms with Crippen molar-refractivity contribution in [3.05, 3.63) is 58.8 Å². The fourth-order valence-corrected chi connectivity index (χ4v) is 2.98. The van der Waals surface area contributed by atoms with Crippen LogP contribution in [0.1, 0.15) is 34.9 Å². The molecule has 30 heavy (non-hydrogen) atoms. The number of ether oxygens (including phenoxy) is 3. The number of aryl methyl sites for hydroxylation is 3. The Bertz CT molecular complexity index is 901. The number of hydrogen-bond acceptors (Lipinski definition) is 7. The summed E-state index contributed by atoms with van der Waals surface area (Å²) in [5, 5.41) is 18.5. The van der Waals surface area contributed by atoms with Crippen LogP contribution in [0.3, 0.4) is 0 Å². The molecule has 7 nitrogen and oxygen atoms in total. The van der Waals surface area contributed by atoms with Crippen molar-refractivity contribution >= 4 is 11.6 Å². The number of hydrogen-bond donors (Lipinski definition) is 2. The second-order valence-corrected chi connectivity index (χ2v) is 6.92. The molecule has 0 radical (unpaired) electrons. The molecule has 0 fully saturated rings. The molecular weight excluding hydrogens is 384 g/mol. The van der Waals surface area contributed by atoms with Crippen molar-refractivity contribution in [2.24, 2.45) is 4.99 Å². The Labute approximate surface area is 177 Å². The fraction of sp³-hybridized carbons (Fsp3) is 0.391. The third kappa shape index (κ3) is 6.05.